The first kappa shape index (κ1) is 23.6. The zero-order chi connectivity index (χ0) is 19.1. The third-order valence-electron chi connectivity index (χ3n) is 3.84. The molecule has 0 saturated carbocycles. The fraction of sp³-hybridized carbons (Fsp3) is 0.350. The summed E-state index contributed by atoms with van der Waals surface area (Å²) in [7, 11) is 5.44. The van der Waals surface area contributed by atoms with Gasteiger partial charge in [-0.1, -0.05) is 23.2 Å². The minimum Gasteiger partial charge on any atom is -0.494 e. The third-order valence-corrected chi connectivity index (χ3v) is 4.40. The molecule has 0 radical (unpaired) electrons. The van der Waals surface area contributed by atoms with E-state index in [4.69, 9.17) is 32.7 Å². The summed E-state index contributed by atoms with van der Waals surface area (Å²) >= 11 is 12.4. The second kappa shape index (κ2) is 11.4. The molecule has 0 spiro atoms. The maximum atomic E-state index is 12.0. The number of halogens is 3. The Kier molecular flexibility index (Phi) is 9.95. The Morgan fingerprint density at radius 2 is 1.81 bits per heavy atom. The summed E-state index contributed by atoms with van der Waals surface area (Å²) in [6, 6.07) is 10.5. The minimum atomic E-state index is -0.428. The maximum absolute atomic E-state index is 12.0. The Hall–Kier alpha value is -1.46. The van der Waals surface area contributed by atoms with Gasteiger partial charge in [0, 0.05) is 15.6 Å². The first-order valence-corrected chi connectivity index (χ1v) is 9.12. The van der Waals surface area contributed by atoms with Gasteiger partial charge in [-0.25, -0.2) is 4.79 Å². The molecule has 0 unspecified atom stereocenters. The zero-order valence-corrected chi connectivity index (χ0v) is 18.0. The average Bonchev–Trinajstić information content (AvgIpc) is 2.62. The van der Waals surface area contributed by atoms with Crippen LogP contribution in [0.4, 0.5) is 0 Å². The van der Waals surface area contributed by atoms with Crippen LogP contribution in [0.1, 0.15) is 23.2 Å². The Labute approximate surface area is 176 Å². The summed E-state index contributed by atoms with van der Waals surface area (Å²) in [6.45, 7) is 1.58. The third kappa shape index (κ3) is 7.23. The van der Waals surface area contributed by atoms with Crippen molar-refractivity contribution in [2.75, 3.05) is 34.4 Å². The highest BCUT2D eigenvalue weighted by Gasteiger charge is 2.13. The quantitative estimate of drug-likeness (QED) is 0.402. The highest BCUT2D eigenvalue weighted by atomic mass is 35.5. The molecule has 2 aromatic carbocycles. The summed E-state index contributed by atoms with van der Waals surface area (Å²) in [6.07, 6.45) is 1.96. The SMILES string of the molecule is COC(=O)c1cc(OCCCCN(C)C)cc(-c2cc(Cl)ccc2Cl)c1.Cl. The van der Waals surface area contributed by atoms with Crippen molar-refractivity contribution in [3.63, 3.8) is 0 Å². The predicted octanol–water partition coefficient (Wildman–Crippen LogP) is 5.59. The van der Waals surface area contributed by atoms with Gasteiger partial charge in [-0.15, -0.1) is 12.4 Å². The number of esters is 1. The molecule has 2 aromatic rings. The van der Waals surface area contributed by atoms with E-state index in [0.717, 1.165) is 30.5 Å². The van der Waals surface area contributed by atoms with E-state index in [-0.39, 0.29) is 12.4 Å². The van der Waals surface area contributed by atoms with E-state index in [9.17, 15) is 4.79 Å². The largest absolute Gasteiger partial charge is 0.494 e. The van der Waals surface area contributed by atoms with Crippen LogP contribution in [-0.2, 0) is 4.74 Å². The smallest absolute Gasteiger partial charge is 0.338 e. The van der Waals surface area contributed by atoms with Gasteiger partial charge in [-0.2, -0.15) is 0 Å². The summed E-state index contributed by atoms with van der Waals surface area (Å²) in [5.41, 5.74) is 1.90. The molecule has 27 heavy (non-hydrogen) atoms. The van der Waals surface area contributed by atoms with Gasteiger partial charge in [0.05, 0.1) is 19.3 Å². The number of unbranched alkanes of at least 4 members (excludes halogenated alkanes) is 1. The van der Waals surface area contributed by atoms with Crippen molar-refractivity contribution in [1.29, 1.82) is 0 Å². The number of hydrogen-bond donors (Lipinski definition) is 0. The van der Waals surface area contributed by atoms with Crippen LogP contribution in [0.2, 0.25) is 10.0 Å². The van der Waals surface area contributed by atoms with Crippen LogP contribution in [0.25, 0.3) is 11.1 Å². The summed E-state index contributed by atoms with van der Waals surface area (Å²) in [4.78, 5) is 14.1. The van der Waals surface area contributed by atoms with Gasteiger partial charge >= 0.3 is 5.97 Å². The number of carbonyl (C=O) groups is 1. The van der Waals surface area contributed by atoms with Gasteiger partial charge in [-0.3, -0.25) is 0 Å². The molecule has 0 aromatic heterocycles. The molecular weight excluding hydrogens is 409 g/mol. The van der Waals surface area contributed by atoms with Crippen LogP contribution in [0.3, 0.4) is 0 Å². The molecular formula is C20H24Cl3NO3. The summed E-state index contributed by atoms with van der Waals surface area (Å²) < 4.78 is 10.7. The van der Waals surface area contributed by atoms with Crippen molar-refractivity contribution in [1.82, 2.24) is 4.90 Å². The maximum Gasteiger partial charge on any atom is 0.338 e. The minimum absolute atomic E-state index is 0. The second-order valence-corrected chi connectivity index (χ2v) is 7.06. The first-order valence-electron chi connectivity index (χ1n) is 8.37. The fourth-order valence-corrected chi connectivity index (χ4v) is 2.91. The van der Waals surface area contributed by atoms with Crippen LogP contribution < -0.4 is 4.74 Å². The molecule has 7 heteroatoms. The molecule has 0 amide bonds. The Morgan fingerprint density at radius 3 is 2.48 bits per heavy atom. The molecule has 4 nitrogen and oxygen atoms in total. The Balaban J connectivity index is 0.00000364. The summed E-state index contributed by atoms with van der Waals surface area (Å²) in [5.74, 6) is 0.172. The normalized spacial score (nSPS) is 10.4. The molecule has 0 bridgehead atoms. The molecule has 0 heterocycles. The van der Waals surface area contributed by atoms with E-state index >= 15 is 0 Å². The monoisotopic (exact) mass is 431 g/mol. The average molecular weight is 433 g/mol. The highest BCUT2D eigenvalue weighted by molar-refractivity contribution is 6.35. The van der Waals surface area contributed by atoms with Crippen molar-refractivity contribution in [3.05, 3.63) is 52.0 Å². The lowest BCUT2D eigenvalue weighted by molar-refractivity contribution is 0.0600. The lowest BCUT2D eigenvalue weighted by Gasteiger charge is -2.13. The number of rotatable bonds is 8. The van der Waals surface area contributed by atoms with E-state index in [0.29, 0.717) is 28.0 Å². The Bertz CT molecular complexity index is 766. The topological polar surface area (TPSA) is 38.8 Å². The van der Waals surface area contributed by atoms with Crippen LogP contribution in [0.15, 0.2) is 36.4 Å². The van der Waals surface area contributed by atoms with Crippen molar-refractivity contribution in [2.45, 2.75) is 12.8 Å². The van der Waals surface area contributed by atoms with Gasteiger partial charge in [0.15, 0.2) is 0 Å². The van der Waals surface area contributed by atoms with Crippen molar-refractivity contribution in [3.8, 4) is 16.9 Å². The van der Waals surface area contributed by atoms with E-state index in [1.54, 1.807) is 30.3 Å². The molecule has 0 N–H and O–H groups in total. The van der Waals surface area contributed by atoms with Gasteiger partial charge in [0.2, 0.25) is 0 Å². The molecule has 148 valence electrons. The number of hydrogen-bond acceptors (Lipinski definition) is 4. The number of carbonyl (C=O) groups excluding carboxylic acids is 1. The number of ether oxygens (including phenoxy) is 2. The van der Waals surface area contributed by atoms with Gasteiger partial charge in [0.25, 0.3) is 0 Å². The first-order chi connectivity index (χ1) is 12.4. The standard InChI is InChI=1S/C20H23Cl2NO3.ClH/c1-23(2)8-4-5-9-26-17-11-14(10-15(12-17)20(24)25-3)18-13-16(21)6-7-19(18)22;/h6-7,10-13H,4-5,8-9H2,1-3H3;1H. The lowest BCUT2D eigenvalue weighted by Crippen LogP contribution is -2.13. The number of nitrogens with zero attached hydrogens (tertiary/aromatic N) is 1. The molecule has 0 fully saturated rings. The van der Waals surface area contributed by atoms with Crippen LogP contribution in [0.5, 0.6) is 5.75 Å². The van der Waals surface area contributed by atoms with E-state index < -0.39 is 5.97 Å². The van der Waals surface area contributed by atoms with Crippen molar-refractivity contribution in [2.24, 2.45) is 0 Å². The lowest BCUT2D eigenvalue weighted by atomic mass is 10.0. The second-order valence-electron chi connectivity index (χ2n) is 6.22. The molecule has 0 aliphatic carbocycles. The number of methoxy groups -OCH3 is 1. The van der Waals surface area contributed by atoms with E-state index in [1.165, 1.54) is 7.11 Å². The van der Waals surface area contributed by atoms with E-state index in [2.05, 4.69) is 4.90 Å². The van der Waals surface area contributed by atoms with Crippen molar-refractivity contribution >= 4 is 41.6 Å². The van der Waals surface area contributed by atoms with Gasteiger partial charge < -0.3 is 14.4 Å². The molecule has 0 saturated heterocycles. The van der Waals surface area contributed by atoms with Crippen LogP contribution in [-0.4, -0.2) is 45.2 Å². The Morgan fingerprint density at radius 1 is 1.07 bits per heavy atom. The van der Waals surface area contributed by atoms with E-state index in [1.807, 2.05) is 20.2 Å². The molecule has 2 rings (SSSR count). The molecule has 0 aliphatic rings. The molecule has 0 atom stereocenters. The van der Waals surface area contributed by atoms with Crippen LogP contribution in [0, 0.1) is 0 Å². The fourth-order valence-electron chi connectivity index (χ4n) is 2.51. The van der Waals surface area contributed by atoms with Crippen molar-refractivity contribution < 1.29 is 14.3 Å². The van der Waals surface area contributed by atoms with Gasteiger partial charge in [0.1, 0.15) is 5.75 Å². The molecule has 0 aliphatic heterocycles. The highest BCUT2D eigenvalue weighted by Crippen LogP contribution is 2.33. The van der Waals surface area contributed by atoms with Gasteiger partial charge in [-0.05, 0) is 75.4 Å². The predicted molar refractivity (Wildman–Crippen MR) is 114 cm³/mol. The van der Waals surface area contributed by atoms with Crippen LogP contribution >= 0.6 is 35.6 Å². The number of benzene rings is 2. The zero-order valence-electron chi connectivity index (χ0n) is 15.6. The summed E-state index contributed by atoms with van der Waals surface area (Å²) in [5, 5.41) is 1.12.